The summed E-state index contributed by atoms with van der Waals surface area (Å²) in [6.07, 6.45) is 4.09. The summed E-state index contributed by atoms with van der Waals surface area (Å²) in [6.45, 7) is 6.30. The van der Waals surface area contributed by atoms with Crippen LogP contribution in [0.5, 0.6) is 0 Å². The lowest BCUT2D eigenvalue weighted by atomic mass is 10.2. The average Bonchev–Trinajstić information content (AvgIpc) is 2.21. The van der Waals surface area contributed by atoms with Gasteiger partial charge < -0.3 is 10.6 Å². The number of hydrogen-bond donors (Lipinski definition) is 2. The van der Waals surface area contributed by atoms with Crippen molar-refractivity contribution in [1.82, 2.24) is 10.3 Å². The van der Waals surface area contributed by atoms with E-state index in [1.54, 1.807) is 0 Å². The number of rotatable bonds is 4. The second kappa shape index (κ2) is 6.43. The van der Waals surface area contributed by atoms with Crippen LogP contribution in [0.25, 0.3) is 0 Å². The quantitative estimate of drug-likeness (QED) is 0.790. The Morgan fingerprint density at radius 1 is 1.50 bits per heavy atom. The van der Waals surface area contributed by atoms with Crippen molar-refractivity contribution in [3.63, 3.8) is 0 Å². The summed E-state index contributed by atoms with van der Waals surface area (Å²) >= 11 is 5.20. The molecule has 1 atom stereocenters. The van der Waals surface area contributed by atoms with Crippen molar-refractivity contribution in [2.75, 3.05) is 5.32 Å². The fourth-order valence-corrected chi connectivity index (χ4v) is 1.73. The molecule has 1 heterocycles. The predicted octanol–water partition coefficient (Wildman–Crippen LogP) is 2.87. The number of anilines is 1. The first-order valence-corrected chi connectivity index (χ1v) is 6.02. The molecule has 0 spiro atoms. The van der Waals surface area contributed by atoms with Crippen LogP contribution in [0.4, 0.5) is 5.82 Å². The topological polar surface area (TPSA) is 37.0 Å². The molecule has 16 heavy (non-hydrogen) atoms. The van der Waals surface area contributed by atoms with E-state index < -0.39 is 0 Å². The van der Waals surface area contributed by atoms with Gasteiger partial charge in [0.1, 0.15) is 5.82 Å². The highest BCUT2D eigenvalue weighted by Gasteiger charge is 2.03. The molecule has 0 saturated carbocycles. The average molecular weight is 237 g/mol. The van der Waals surface area contributed by atoms with Gasteiger partial charge in [0.05, 0.1) is 0 Å². The molecule has 0 amide bonds. The highest BCUT2D eigenvalue weighted by molar-refractivity contribution is 7.80. The molecule has 3 nitrogen and oxygen atoms in total. The lowest BCUT2D eigenvalue weighted by Crippen LogP contribution is -2.35. The maximum absolute atomic E-state index is 5.20. The first-order chi connectivity index (χ1) is 7.61. The van der Waals surface area contributed by atoms with E-state index >= 15 is 0 Å². The van der Waals surface area contributed by atoms with E-state index in [0.29, 0.717) is 11.2 Å². The molecule has 1 rings (SSSR count). The number of thiocarbonyl (C=S) groups is 1. The third kappa shape index (κ3) is 4.57. The highest BCUT2D eigenvalue weighted by Crippen LogP contribution is 2.04. The van der Waals surface area contributed by atoms with Gasteiger partial charge in [0.15, 0.2) is 5.11 Å². The summed E-state index contributed by atoms with van der Waals surface area (Å²) in [7, 11) is 0. The van der Waals surface area contributed by atoms with Crippen molar-refractivity contribution < 1.29 is 0 Å². The molecule has 0 aliphatic carbocycles. The van der Waals surface area contributed by atoms with Crippen molar-refractivity contribution >= 4 is 23.1 Å². The Morgan fingerprint density at radius 2 is 2.25 bits per heavy atom. The standard InChI is InChI=1S/C12H19N3S/c1-4-5-10(3)14-12(16)15-11-7-6-9(2)8-13-11/h6-8,10H,4-5H2,1-3H3,(H2,13,14,15,16). The van der Waals surface area contributed by atoms with Gasteiger partial charge in [0, 0.05) is 12.2 Å². The molecule has 0 saturated heterocycles. The van der Waals surface area contributed by atoms with Crippen LogP contribution in [0.2, 0.25) is 0 Å². The number of aryl methyl sites for hydroxylation is 1. The van der Waals surface area contributed by atoms with E-state index in [1.165, 1.54) is 0 Å². The Kier molecular flexibility index (Phi) is 5.19. The smallest absolute Gasteiger partial charge is 0.172 e. The maximum atomic E-state index is 5.20. The second-order valence-corrected chi connectivity index (χ2v) is 4.42. The normalized spacial score (nSPS) is 11.9. The fourth-order valence-electron chi connectivity index (χ4n) is 1.42. The summed E-state index contributed by atoms with van der Waals surface area (Å²) in [6, 6.07) is 4.33. The van der Waals surface area contributed by atoms with Gasteiger partial charge in [0.2, 0.25) is 0 Å². The first kappa shape index (κ1) is 12.9. The van der Waals surface area contributed by atoms with Crippen LogP contribution in [0, 0.1) is 6.92 Å². The number of nitrogens with one attached hydrogen (secondary N) is 2. The molecular weight excluding hydrogens is 218 g/mol. The molecule has 2 N–H and O–H groups in total. The van der Waals surface area contributed by atoms with E-state index in [1.807, 2.05) is 25.3 Å². The van der Waals surface area contributed by atoms with Crippen molar-refractivity contribution in [1.29, 1.82) is 0 Å². The molecule has 0 fully saturated rings. The van der Waals surface area contributed by atoms with Crippen LogP contribution in [-0.2, 0) is 0 Å². The molecule has 4 heteroatoms. The molecule has 88 valence electrons. The monoisotopic (exact) mass is 237 g/mol. The zero-order chi connectivity index (χ0) is 12.0. The van der Waals surface area contributed by atoms with Crippen LogP contribution in [0.15, 0.2) is 18.3 Å². The number of pyridine rings is 1. The Hall–Kier alpha value is -1.16. The van der Waals surface area contributed by atoms with Crippen molar-refractivity contribution in [2.24, 2.45) is 0 Å². The first-order valence-electron chi connectivity index (χ1n) is 5.62. The van der Waals surface area contributed by atoms with Crippen molar-refractivity contribution in [3.05, 3.63) is 23.9 Å². The van der Waals surface area contributed by atoms with Crippen LogP contribution >= 0.6 is 12.2 Å². The lowest BCUT2D eigenvalue weighted by Gasteiger charge is -2.15. The SMILES string of the molecule is CCCC(C)NC(=S)Nc1ccc(C)cn1. The van der Waals surface area contributed by atoms with Gasteiger partial charge in [-0.05, 0) is 44.1 Å². The van der Waals surface area contributed by atoms with Gasteiger partial charge in [0.25, 0.3) is 0 Å². The van der Waals surface area contributed by atoms with E-state index in [9.17, 15) is 0 Å². The minimum atomic E-state index is 0.399. The molecule has 1 aromatic rings. The van der Waals surface area contributed by atoms with Crippen LogP contribution in [0.1, 0.15) is 32.3 Å². The van der Waals surface area contributed by atoms with Gasteiger partial charge >= 0.3 is 0 Å². The summed E-state index contributed by atoms with van der Waals surface area (Å²) < 4.78 is 0. The Morgan fingerprint density at radius 3 is 2.81 bits per heavy atom. The Balaban J connectivity index is 2.42. The molecule has 0 radical (unpaired) electrons. The molecular formula is C12H19N3S. The van der Waals surface area contributed by atoms with Gasteiger partial charge in [-0.25, -0.2) is 4.98 Å². The van der Waals surface area contributed by atoms with E-state index in [-0.39, 0.29) is 0 Å². The van der Waals surface area contributed by atoms with E-state index in [0.717, 1.165) is 24.2 Å². The molecule has 1 unspecified atom stereocenters. The van der Waals surface area contributed by atoms with Gasteiger partial charge in [-0.3, -0.25) is 0 Å². The van der Waals surface area contributed by atoms with Crippen LogP contribution in [0.3, 0.4) is 0 Å². The lowest BCUT2D eigenvalue weighted by molar-refractivity contribution is 0.599. The molecule has 0 aromatic carbocycles. The van der Waals surface area contributed by atoms with Crippen molar-refractivity contribution in [3.8, 4) is 0 Å². The van der Waals surface area contributed by atoms with Crippen molar-refractivity contribution in [2.45, 2.75) is 39.7 Å². The fraction of sp³-hybridized carbons (Fsp3) is 0.500. The molecule has 0 bridgehead atoms. The van der Waals surface area contributed by atoms with E-state index in [2.05, 4.69) is 29.5 Å². The van der Waals surface area contributed by atoms with Crippen LogP contribution < -0.4 is 10.6 Å². The zero-order valence-corrected chi connectivity index (χ0v) is 10.9. The van der Waals surface area contributed by atoms with Gasteiger partial charge in [-0.15, -0.1) is 0 Å². The number of nitrogens with zero attached hydrogens (tertiary/aromatic N) is 1. The zero-order valence-electron chi connectivity index (χ0n) is 10.1. The van der Waals surface area contributed by atoms with Crippen LogP contribution in [-0.4, -0.2) is 16.1 Å². The van der Waals surface area contributed by atoms with Gasteiger partial charge in [-0.1, -0.05) is 19.4 Å². The molecule has 0 aliphatic rings. The summed E-state index contributed by atoms with van der Waals surface area (Å²) in [5.74, 6) is 0.784. The Bertz CT molecular complexity index is 335. The van der Waals surface area contributed by atoms with Gasteiger partial charge in [-0.2, -0.15) is 0 Å². The maximum Gasteiger partial charge on any atom is 0.172 e. The minimum absolute atomic E-state index is 0.399. The number of hydrogen-bond acceptors (Lipinski definition) is 2. The largest absolute Gasteiger partial charge is 0.360 e. The summed E-state index contributed by atoms with van der Waals surface area (Å²) in [5.41, 5.74) is 1.14. The predicted molar refractivity (Wildman–Crippen MR) is 72.7 cm³/mol. The summed E-state index contributed by atoms with van der Waals surface area (Å²) in [4.78, 5) is 4.23. The highest BCUT2D eigenvalue weighted by atomic mass is 32.1. The summed E-state index contributed by atoms with van der Waals surface area (Å²) in [5, 5.41) is 6.93. The van der Waals surface area contributed by atoms with E-state index in [4.69, 9.17) is 12.2 Å². The third-order valence-electron chi connectivity index (χ3n) is 2.25. The third-order valence-corrected chi connectivity index (χ3v) is 2.47. The second-order valence-electron chi connectivity index (χ2n) is 4.01. The molecule has 1 aromatic heterocycles. The minimum Gasteiger partial charge on any atom is -0.360 e. The number of aromatic nitrogens is 1. The Labute approximate surface area is 103 Å². The molecule has 0 aliphatic heterocycles.